The number of hydrogen-bond acceptors (Lipinski definition) is 3. The SMILES string of the molecule is NC(c1cc2sccc2s1)c1ccc(Br)c2ccccc12. The molecule has 4 rings (SSSR count). The summed E-state index contributed by atoms with van der Waals surface area (Å²) in [5.74, 6) is 0. The largest absolute Gasteiger partial charge is 0.320 e. The van der Waals surface area contributed by atoms with Crippen LogP contribution in [-0.2, 0) is 0 Å². The number of benzene rings is 2. The summed E-state index contributed by atoms with van der Waals surface area (Å²) in [5, 5.41) is 4.56. The van der Waals surface area contributed by atoms with E-state index < -0.39 is 0 Å². The van der Waals surface area contributed by atoms with E-state index in [9.17, 15) is 0 Å². The Morgan fingerprint density at radius 3 is 2.57 bits per heavy atom. The fourth-order valence-corrected chi connectivity index (χ4v) is 5.27. The number of thiophene rings is 2. The summed E-state index contributed by atoms with van der Waals surface area (Å²) in [6, 6.07) is 16.9. The van der Waals surface area contributed by atoms with Crippen molar-refractivity contribution in [1.82, 2.24) is 0 Å². The first-order valence-electron chi connectivity index (χ1n) is 6.64. The fourth-order valence-electron chi connectivity index (χ4n) is 2.65. The van der Waals surface area contributed by atoms with Crippen molar-refractivity contribution in [3.8, 4) is 0 Å². The van der Waals surface area contributed by atoms with Crippen molar-refractivity contribution in [1.29, 1.82) is 0 Å². The van der Waals surface area contributed by atoms with Crippen molar-refractivity contribution in [3.63, 3.8) is 0 Å². The second kappa shape index (κ2) is 5.21. The number of nitrogens with two attached hydrogens (primary N) is 1. The first-order valence-corrected chi connectivity index (χ1v) is 9.12. The van der Waals surface area contributed by atoms with E-state index in [1.807, 2.05) is 0 Å². The Hall–Kier alpha value is -1.20. The molecular formula is C17H12BrNS2. The van der Waals surface area contributed by atoms with Gasteiger partial charge in [0.2, 0.25) is 0 Å². The Kier molecular flexibility index (Phi) is 3.34. The molecule has 1 unspecified atom stereocenters. The topological polar surface area (TPSA) is 26.0 Å². The average Bonchev–Trinajstić information content (AvgIpc) is 3.08. The lowest BCUT2D eigenvalue weighted by Gasteiger charge is -2.14. The highest BCUT2D eigenvalue weighted by molar-refractivity contribution is 9.10. The zero-order valence-corrected chi connectivity index (χ0v) is 14.3. The Morgan fingerprint density at radius 1 is 0.952 bits per heavy atom. The van der Waals surface area contributed by atoms with E-state index in [1.54, 1.807) is 22.7 Å². The van der Waals surface area contributed by atoms with Gasteiger partial charge in [-0.1, -0.05) is 46.3 Å². The van der Waals surface area contributed by atoms with Gasteiger partial charge in [-0.05, 0) is 39.9 Å². The highest BCUT2D eigenvalue weighted by atomic mass is 79.9. The molecule has 0 aliphatic heterocycles. The Labute approximate surface area is 139 Å². The molecule has 4 heteroatoms. The van der Waals surface area contributed by atoms with E-state index in [-0.39, 0.29) is 6.04 Å². The monoisotopic (exact) mass is 373 g/mol. The lowest BCUT2D eigenvalue weighted by Crippen LogP contribution is -2.10. The van der Waals surface area contributed by atoms with Gasteiger partial charge in [-0.3, -0.25) is 0 Å². The van der Waals surface area contributed by atoms with Gasteiger partial charge >= 0.3 is 0 Å². The third-order valence-corrected chi connectivity index (χ3v) is 6.57. The van der Waals surface area contributed by atoms with E-state index >= 15 is 0 Å². The summed E-state index contributed by atoms with van der Waals surface area (Å²) in [6.45, 7) is 0. The van der Waals surface area contributed by atoms with Crippen LogP contribution in [-0.4, -0.2) is 0 Å². The molecule has 0 spiro atoms. The highest BCUT2D eigenvalue weighted by Gasteiger charge is 2.16. The minimum absolute atomic E-state index is 0.0763. The summed E-state index contributed by atoms with van der Waals surface area (Å²) in [4.78, 5) is 1.23. The average molecular weight is 374 g/mol. The standard InChI is InChI=1S/C17H12BrNS2/c18-13-6-5-12(10-3-1-2-4-11(10)13)17(19)16-9-15-14(21-16)7-8-20-15/h1-9,17H,19H2. The molecule has 0 amide bonds. The maximum absolute atomic E-state index is 6.56. The quantitative estimate of drug-likeness (QED) is 0.463. The third kappa shape index (κ3) is 2.23. The third-order valence-electron chi connectivity index (χ3n) is 3.70. The zero-order chi connectivity index (χ0) is 14.4. The number of halogens is 1. The molecule has 0 aliphatic rings. The molecule has 2 N–H and O–H groups in total. The lowest BCUT2D eigenvalue weighted by atomic mass is 9.98. The van der Waals surface area contributed by atoms with Crippen LogP contribution >= 0.6 is 38.6 Å². The molecule has 2 aromatic carbocycles. The molecule has 0 bridgehead atoms. The Balaban J connectivity index is 1.89. The van der Waals surface area contributed by atoms with Crippen molar-refractivity contribution < 1.29 is 0 Å². The summed E-state index contributed by atoms with van der Waals surface area (Å²) in [6.07, 6.45) is 0. The maximum Gasteiger partial charge on any atom is 0.0652 e. The van der Waals surface area contributed by atoms with Crippen molar-refractivity contribution >= 4 is 58.8 Å². The maximum atomic E-state index is 6.56. The first-order chi connectivity index (χ1) is 10.2. The fraction of sp³-hybridized carbons (Fsp3) is 0.0588. The molecule has 1 nitrogen and oxygen atoms in total. The number of hydrogen-bond donors (Lipinski definition) is 1. The van der Waals surface area contributed by atoms with E-state index in [0.717, 1.165) is 4.47 Å². The van der Waals surface area contributed by atoms with Gasteiger partial charge in [0.15, 0.2) is 0 Å². The van der Waals surface area contributed by atoms with Crippen LogP contribution in [0.3, 0.4) is 0 Å². The predicted molar refractivity (Wildman–Crippen MR) is 97.4 cm³/mol. The van der Waals surface area contributed by atoms with Crippen LogP contribution in [0.25, 0.3) is 20.2 Å². The molecule has 0 aliphatic carbocycles. The van der Waals surface area contributed by atoms with Crippen LogP contribution in [0.5, 0.6) is 0 Å². The van der Waals surface area contributed by atoms with Crippen molar-refractivity contribution in [2.45, 2.75) is 6.04 Å². The minimum atomic E-state index is -0.0763. The van der Waals surface area contributed by atoms with Crippen LogP contribution < -0.4 is 5.73 Å². The molecule has 0 saturated heterocycles. The van der Waals surface area contributed by atoms with Crippen LogP contribution in [0.15, 0.2) is 58.4 Å². The van der Waals surface area contributed by atoms with Crippen molar-refractivity contribution in [3.05, 3.63) is 68.8 Å². The van der Waals surface area contributed by atoms with Crippen LogP contribution in [0, 0.1) is 0 Å². The normalized spacial score (nSPS) is 13.0. The molecule has 21 heavy (non-hydrogen) atoms. The number of rotatable bonds is 2. The summed E-state index contributed by atoms with van der Waals surface area (Å²) in [7, 11) is 0. The van der Waals surface area contributed by atoms with Gasteiger partial charge in [-0.2, -0.15) is 0 Å². The van der Waals surface area contributed by atoms with Crippen LogP contribution in [0.1, 0.15) is 16.5 Å². The van der Waals surface area contributed by atoms with Gasteiger partial charge in [-0.25, -0.2) is 0 Å². The molecule has 2 heterocycles. The van der Waals surface area contributed by atoms with Gasteiger partial charge < -0.3 is 5.73 Å². The van der Waals surface area contributed by atoms with Crippen LogP contribution in [0.4, 0.5) is 0 Å². The van der Waals surface area contributed by atoms with Gasteiger partial charge in [0.25, 0.3) is 0 Å². The molecular weight excluding hydrogens is 362 g/mol. The van der Waals surface area contributed by atoms with E-state index in [0.29, 0.717) is 0 Å². The van der Waals surface area contributed by atoms with E-state index in [4.69, 9.17) is 5.73 Å². The highest BCUT2D eigenvalue weighted by Crippen LogP contribution is 2.37. The van der Waals surface area contributed by atoms with Crippen molar-refractivity contribution in [2.24, 2.45) is 5.73 Å². The Bertz CT molecular complexity index is 910. The molecule has 2 aromatic heterocycles. The van der Waals surface area contributed by atoms with Crippen molar-refractivity contribution in [2.75, 3.05) is 0 Å². The number of fused-ring (bicyclic) bond motifs is 2. The summed E-state index contributed by atoms with van der Waals surface area (Å²) >= 11 is 7.19. The lowest BCUT2D eigenvalue weighted by molar-refractivity contribution is 0.904. The molecule has 0 radical (unpaired) electrons. The summed E-state index contributed by atoms with van der Waals surface area (Å²) < 4.78 is 3.76. The van der Waals surface area contributed by atoms with Gasteiger partial charge in [0.05, 0.1) is 6.04 Å². The van der Waals surface area contributed by atoms with Crippen LogP contribution in [0.2, 0.25) is 0 Å². The molecule has 104 valence electrons. The van der Waals surface area contributed by atoms with Gasteiger partial charge in [-0.15, -0.1) is 22.7 Å². The van der Waals surface area contributed by atoms with Gasteiger partial charge in [0.1, 0.15) is 0 Å². The molecule has 1 atom stereocenters. The Morgan fingerprint density at radius 2 is 1.76 bits per heavy atom. The second-order valence-electron chi connectivity index (χ2n) is 4.96. The second-order valence-corrected chi connectivity index (χ2v) is 7.88. The van der Waals surface area contributed by atoms with Gasteiger partial charge in [0, 0.05) is 18.7 Å². The molecule has 0 saturated carbocycles. The van der Waals surface area contributed by atoms with E-state index in [2.05, 4.69) is 69.8 Å². The zero-order valence-electron chi connectivity index (χ0n) is 11.0. The molecule has 0 fully saturated rings. The predicted octanol–water partition coefficient (Wildman–Crippen LogP) is 5.93. The minimum Gasteiger partial charge on any atom is -0.320 e. The molecule has 4 aromatic rings. The van der Waals surface area contributed by atoms with E-state index in [1.165, 1.54) is 30.6 Å². The summed E-state index contributed by atoms with van der Waals surface area (Å²) in [5.41, 5.74) is 7.74. The first kappa shape index (κ1) is 13.5. The smallest absolute Gasteiger partial charge is 0.0652 e.